The van der Waals surface area contributed by atoms with Crippen LogP contribution in [0.2, 0.25) is 0 Å². The number of nitrogens with one attached hydrogen (secondary N) is 1. The van der Waals surface area contributed by atoms with Gasteiger partial charge < -0.3 is 19.3 Å². The maximum Gasteiger partial charge on any atom is 0.255 e. The van der Waals surface area contributed by atoms with Gasteiger partial charge in [0, 0.05) is 56.6 Å². The van der Waals surface area contributed by atoms with Gasteiger partial charge >= 0.3 is 0 Å². The van der Waals surface area contributed by atoms with Gasteiger partial charge in [0.05, 0.1) is 24.1 Å². The first-order valence-corrected chi connectivity index (χ1v) is 14.8. The van der Waals surface area contributed by atoms with Crippen LogP contribution in [0.3, 0.4) is 0 Å². The first-order chi connectivity index (χ1) is 20.4. The summed E-state index contributed by atoms with van der Waals surface area (Å²) < 4.78 is 11.7. The van der Waals surface area contributed by atoms with Crippen LogP contribution in [0.4, 0.5) is 5.82 Å². The third-order valence-electron chi connectivity index (χ3n) is 9.37. The summed E-state index contributed by atoms with van der Waals surface area (Å²) in [5, 5.41) is 3.51. The molecule has 2 unspecified atom stereocenters. The molecule has 0 saturated carbocycles. The van der Waals surface area contributed by atoms with E-state index in [1.54, 1.807) is 11.0 Å². The van der Waals surface area contributed by atoms with Crippen LogP contribution in [0, 0.1) is 5.41 Å². The Balaban J connectivity index is 0.874. The molecule has 10 heteroatoms. The number of ether oxygens (including phenoxy) is 2. The lowest BCUT2D eigenvalue weighted by Crippen LogP contribution is -2.66. The Morgan fingerprint density at radius 1 is 1.02 bits per heavy atom. The van der Waals surface area contributed by atoms with Crippen LogP contribution in [0.1, 0.15) is 40.7 Å². The van der Waals surface area contributed by atoms with Crippen LogP contribution in [-0.4, -0.2) is 84.0 Å². The van der Waals surface area contributed by atoms with Crippen molar-refractivity contribution in [2.45, 2.75) is 44.5 Å². The number of fused-ring (bicyclic) bond motifs is 2. The minimum Gasteiger partial charge on any atom is -0.489 e. The molecule has 3 aromatic rings. The Kier molecular flexibility index (Phi) is 5.98. The van der Waals surface area contributed by atoms with E-state index in [4.69, 9.17) is 14.5 Å². The van der Waals surface area contributed by atoms with Gasteiger partial charge in [0.2, 0.25) is 11.8 Å². The van der Waals surface area contributed by atoms with E-state index in [-0.39, 0.29) is 24.3 Å². The largest absolute Gasteiger partial charge is 0.489 e. The summed E-state index contributed by atoms with van der Waals surface area (Å²) in [6.45, 7) is 6.80. The van der Waals surface area contributed by atoms with E-state index < -0.39 is 11.9 Å². The first-order valence-electron chi connectivity index (χ1n) is 14.8. The monoisotopic (exact) mass is 567 g/mol. The molecule has 8 rings (SSSR count). The quantitative estimate of drug-likeness (QED) is 0.454. The zero-order chi connectivity index (χ0) is 28.4. The molecule has 6 heterocycles. The van der Waals surface area contributed by atoms with Crippen molar-refractivity contribution in [3.63, 3.8) is 0 Å². The lowest BCUT2D eigenvalue weighted by atomic mass is 9.78. The molecular weight excluding hydrogens is 534 g/mol. The number of aromatic nitrogens is 1. The second-order valence-corrected chi connectivity index (χ2v) is 12.5. The van der Waals surface area contributed by atoms with Gasteiger partial charge in [-0.25, -0.2) is 4.98 Å². The van der Waals surface area contributed by atoms with Crippen molar-refractivity contribution in [3.05, 3.63) is 65.2 Å². The fraction of sp³-hybridized carbons (Fsp3) is 0.438. The molecule has 2 aromatic carbocycles. The Labute approximate surface area is 243 Å². The van der Waals surface area contributed by atoms with Crippen molar-refractivity contribution in [3.8, 4) is 5.75 Å². The SMILES string of the molecule is O=C1CCC(N2Cc3cc(OC4CCN(Cc5ccc6nc(N7CC8(COC8)C7)ccc6c5)C4)ccc3C2=O)C(=O)N1. The molecule has 1 spiro atoms. The molecule has 2 atom stereocenters. The number of rotatable bonds is 6. The molecule has 1 aromatic heterocycles. The van der Waals surface area contributed by atoms with Gasteiger partial charge in [-0.3, -0.25) is 24.6 Å². The highest BCUT2D eigenvalue weighted by molar-refractivity contribution is 6.05. The number of amides is 3. The minimum atomic E-state index is -0.612. The number of carbonyl (C=O) groups excluding carboxylic acids is 3. The number of imide groups is 1. The van der Waals surface area contributed by atoms with Gasteiger partial charge in [-0.1, -0.05) is 6.07 Å². The molecule has 216 valence electrons. The third kappa shape index (κ3) is 4.49. The maximum absolute atomic E-state index is 13.0. The van der Waals surface area contributed by atoms with E-state index in [2.05, 4.69) is 45.4 Å². The van der Waals surface area contributed by atoms with E-state index in [1.165, 1.54) is 5.56 Å². The number of benzene rings is 2. The molecule has 5 aliphatic rings. The maximum atomic E-state index is 13.0. The molecule has 4 saturated heterocycles. The van der Waals surface area contributed by atoms with Crippen molar-refractivity contribution in [1.82, 2.24) is 20.1 Å². The average molecular weight is 568 g/mol. The van der Waals surface area contributed by atoms with Gasteiger partial charge in [0.25, 0.3) is 5.91 Å². The molecule has 3 amide bonds. The fourth-order valence-electron chi connectivity index (χ4n) is 7.05. The van der Waals surface area contributed by atoms with E-state index in [1.807, 2.05) is 12.1 Å². The van der Waals surface area contributed by atoms with Gasteiger partial charge in [-0.15, -0.1) is 0 Å². The van der Waals surface area contributed by atoms with Crippen molar-refractivity contribution in [2.75, 3.05) is 44.3 Å². The van der Waals surface area contributed by atoms with Crippen LogP contribution < -0.4 is 15.0 Å². The normalized spacial score (nSPS) is 25.0. The second-order valence-electron chi connectivity index (χ2n) is 12.5. The molecule has 10 nitrogen and oxygen atoms in total. The smallest absolute Gasteiger partial charge is 0.255 e. The molecule has 0 bridgehead atoms. The fourth-order valence-corrected chi connectivity index (χ4v) is 7.05. The van der Waals surface area contributed by atoms with Crippen LogP contribution in [0.5, 0.6) is 5.75 Å². The summed E-state index contributed by atoms with van der Waals surface area (Å²) in [5.41, 5.74) is 4.11. The zero-order valence-electron chi connectivity index (χ0n) is 23.4. The van der Waals surface area contributed by atoms with Crippen molar-refractivity contribution in [1.29, 1.82) is 0 Å². The number of likely N-dealkylation sites (tertiary alicyclic amines) is 1. The number of piperidine rings is 1. The lowest BCUT2D eigenvalue weighted by Gasteiger charge is -2.55. The molecule has 1 N–H and O–H groups in total. The standard InChI is InChI=1S/C32H33N5O5/c38-29-8-6-27(30(39)34-29)37-14-22-12-23(3-4-25(22)31(37)40)42-24-9-10-35(15-24)13-20-1-5-26-21(11-20)2-7-28(33-26)36-16-32(17-36)18-41-19-32/h1-5,7,11-12,24,27H,6,8-10,13-19H2,(H,34,38,39). The Morgan fingerprint density at radius 3 is 2.71 bits per heavy atom. The van der Waals surface area contributed by atoms with Crippen molar-refractivity contribution in [2.24, 2.45) is 5.41 Å². The highest BCUT2D eigenvalue weighted by Crippen LogP contribution is 2.40. The predicted octanol–water partition coefficient (Wildman–Crippen LogP) is 2.49. The van der Waals surface area contributed by atoms with Crippen molar-refractivity contribution >= 4 is 34.4 Å². The Hall–Kier alpha value is -4.02. The molecule has 5 aliphatic heterocycles. The third-order valence-corrected chi connectivity index (χ3v) is 9.37. The summed E-state index contributed by atoms with van der Waals surface area (Å²) in [5.74, 6) is 0.939. The topological polar surface area (TPSA) is 104 Å². The van der Waals surface area contributed by atoms with Crippen LogP contribution in [0.25, 0.3) is 10.9 Å². The predicted molar refractivity (Wildman–Crippen MR) is 154 cm³/mol. The summed E-state index contributed by atoms with van der Waals surface area (Å²) in [4.78, 5) is 48.1. The highest BCUT2D eigenvalue weighted by Gasteiger charge is 2.49. The molecule has 0 aliphatic carbocycles. The van der Waals surface area contributed by atoms with Crippen molar-refractivity contribution < 1.29 is 23.9 Å². The van der Waals surface area contributed by atoms with Crippen LogP contribution in [-0.2, 0) is 27.4 Å². The lowest BCUT2D eigenvalue weighted by molar-refractivity contribution is -0.136. The average Bonchev–Trinajstić information content (AvgIpc) is 3.50. The zero-order valence-corrected chi connectivity index (χ0v) is 23.4. The number of nitrogens with zero attached hydrogens (tertiary/aromatic N) is 4. The van der Waals surface area contributed by atoms with E-state index in [0.29, 0.717) is 23.9 Å². The van der Waals surface area contributed by atoms with E-state index >= 15 is 0 Å². The second kappa shape index (κ2) is 9.78. The summed E-state index contributed by atoms with van der Waals surface area (Å²) in [6, 6.07) is 15.8. The summed E-state index contributed by atoms with van der Waals surface area (Å²) in [7, 11) is 0. The molecule has 4 fully saturated rings. The van der Waals surface area contributed by atoms with Crippen LogP contribution >= 0.6 is 0 Å². The summed E-state index contributed by atoms with van der Waals surface area (Å²) >= 11 is 0. The van der Waals surface area contributed by atoms with E-state index in [0.717, 1.165) is 80.4 Å². The van der Waals surface area contributed by atoms with Crippen LogP contribution in [0.15, 0.2) is 48.5 Å². The Morgan fingerprint density at radius 2 is 1.90 bits per heavy atom. The molecule has 0 radical (unpaired) electrons. The number of carbonyl (C=O) groups is 3. The Bertz CT molecular complexity index is 1610. The number of hydrogen-bond acceptors (Lipinski definition) is 8. The first kappa shape index (κ1) is 25.7. The molecule has 42 heavy (non-hydrogen) atoms. The van der Waals surface area contributed by atoms with Gasteiger partial charge in [0.1, 0.15) is 23.7 Å². The minimum absolute atomic E-state index is 0.0666. The number of anilines is 1. The van der Waals surface area contributed by atoms with Gasteiger partial charge in [-0.05, 0) is 66.4 Å². The number of hydrogen-bond donors (Lipinski definition) is 1. The van der Waals surface area contributed by atoms with Gasteiger partial charge in [0.15, 0.2) is 0 Å². The van der Waals surface area contributed by atoms with Gasteiger partial charge in [-0.2, -0.15) is 0 Å². The summed E-state index contributed by atoms with van der Waals surface area (Å²) in [6.07, 6.45) is 1.60. The molecular formula is C32H33N5O5. The van der Waals surface area contributed by atoms with E-state index in [9.17, 15) is 14.4 Å². The number of pyridine rings is 1. The highest BCUT2D eigenvalue weighted by atomic mass is 16.5.